The van der Waals surface area contributed by atoms with Gasteiger partial charge >= 0.3 is 0 Å². The highest BCUT2D eigenvalue weighted by molar-refractivity contribution is 4.67. The van der Waals surface area contributed by atoms with Crippen molar-refractivity contribution in [3.63, 3.8) is 0 Å². The van der Waals surface area contributed by atoms with Crippen LogP contribution in [-0.4, -0.2) is 26.8 Å². The third-order valence-corrected chi connectivity index (χ3v) is 2.61. The zero-order valence-corrected chi connectivity index (χ0v) is 10.5. The molecule has 0 aromatic heterocycles. The first-order chi connectivity index (χ1) is 6.57. The lowest BCUT2D eigenvalue weighted by molar-refractivity contribution is 0.194. The fraction of sp³-hybridized carbons (Fsp3) is 1.00. The minimum absolute atomic E-state index is 0.771. The molecule has 1 atom stereocenters. The highest BCUT2D eigenvalue weighted by atomic mass is 16.5. The van der Waals surface area contributed by atoms with Crippen molar-refractivity contribution >= 4 is 0 Å². The van der Waals surface area contributed by atoms with E-state index in [4.69, 9.17) is 4.74 Å². The lowest BCUT2D eigenvalue weighted by atomic mass is 9.87. The van der Waals surface area contributed by atoms with Crippen molar-refractivity contribution in [3.8, 4) is 0 Å². The van der Waals surface area contributed by atoms with Crippen molar-refractivity contribution in [2.75, 3.05) is 26.8 Å². The number of rotatable bonds is 8. The molecule has 0 radical (unpaired) electrons. The van der Waals surface area contributed by atoms with E-state index < -0.39 is 0 Å². The molecule has 0 aliphatic rings. The Kier molecular flexibility index (Phi) is 8.20. The van der Waals surface area contributed by atoms with Gasteiger partial charge in [0.15, 0.2) is 0 Å². The molecule has 0 saturated carbocycles. The number of methoxy groups -OCH3 is 1. The lowest BCUT2D eigenvalue weighted by Gasteiger charge is -2.23. The minimum Gasteiger partial charge on any atom is -0.383 e. The van der Waals surface area contributed by atoms with E-state index in [1.54, 1.807) is 7.11 Å². The average molecular weight is 201 g/mol. The molecule has 86 valence electrons. The first-order valence-electron chi connectivity index (χ1n) is 5.77. The van der Waals surface area contributed by atoms with Crippen molar-refractivity contribution in [2.24, 2.45) is 17.8 Å². The van der Waals surface area contributed by atoms with Gasteiger partial charge < -0.3 is 10.1 Å². The summed E-state index contributed by atoms with van der Waals surface area (Å²) < 4.78 is 5.00. The summed E-state index contributed by atoms with van der Waals surface area (Å²) in [6.45, 7) is 12.1. The lowest BCUT2D eigenvalue weighted by Crippen LogP contribution is -2.29. The van der Waals surface area contributed by atoms with Crippen LogP contribution in [0.1, 0.15) is 34.1 Å². The van der Waals surface area contributed by atoms with Gasteiger partial charge in [0.05, 0.1) is 6.61 Å². The van der Waals surface area contributed by atoms with E-state index >= 15 is 0 Å². The van der Waals surface area contributed by atoms with Gasteiger partial charge in [0.2, 0.25) is 0 Å². The van der Waals surface area contributed by atoms with E-state index in [0.29, 0.717) is 0 Å². The SMILES string of the molecule is COCCNCC(CC(C)C)C(C)C. The standard InChI is InChI=1S/C12H27NO/c1-10(2)8-12(11(3)4)9-13-6-7-14-5/h10-13H,6-9H2,1-5H3. The molecular weight excluding hydrogens is 174 g/mol. The molecule has 0 aliphatic heterocycles. The molecule has 0 amide bonds. The van der Waals surface area contributed by atoms with E-state index in [-0.39, 0.29) is 0 Å². The normalized spacial score (nSPS) is 13.9. The summed E-state index contributed by atoms with van der Waals surface area (Å²) in [5.41, 5.74) is 0. The number of nitrogens with one attached hydrogen (secondary N) is 1. The van der Waals surface area contributed by atoms with Crippen LogP contribution in [0.4, 0.5) is 0 Å². The average Bonchev–Trinajstić information content (AvgIpc) is 2.09. The van der Waals surface area contributed by atoms with Crippen LogP contribution < -0.4 is 5.32 Å². The largest absolute Gasteiger partial charge is 0.383 e. The Hall–Kier alpha value is -0.0800. The minimum atomic E-state index is 0.771. The summed E-state index contributed by atoms with van der Waals surface area (Å²) in [6, 6.07) is 0. The molecule has 0 heterocycles. The molecule has 0 spiro atoms. The number of hydrogen-bond donors (Lipinski definition) is 1. The summed E-state index contributed by atoms with van der Waals surface area (Å²) in [6.07, 6.45) is 1.32. The maximum Gasteiger partial charge on any atom is 0.0587 e. The van der Waals surface area contributed by atoms with Gasteiger partial charge in [-0.3, -0.25) is 0 Å². The Bertz CT molecular complexity index is 123. The van der Waals surface area contributed by atoms with Crippen LogP contribution in [0.15, 0.2) is 0 Å². The molecule has 0 rings (SSSR count). The van der Waals surface area contributed by atoms with E-state index in [1.165, 1.54) is 6.42 Å². The molecule has 14 heavy (non-hydrogen) atoms. The second-order valence-corrected chi connectivity index (χ2v) is 4.83. The van der Waals surface area contributed by atoms with Crippen LogP contribution >= 0.6 is 0 Å². The van der Waals surface area contributed by atoms with Crippen LogP contribution in [0, 0.1) is 17.8 Å². The summed E-state index contributed by atoms with van der Waals surface area (Å²) in [4.78, 5) is 0. The summed E-state index contributed by atoms with van der Waals surface area (Å²) in [5.74, 6) is 2.37. The van der Waals surface area contributed by atoms with Gasteiger partial charge in [-0.25, -0.2) is 0 Å². The van der Waals surface area contributed by atoms with Crippen molar-refractivity contribution in [2.45, 2.75) is 34.1 Å². The first kappa shape index (κ1) is 13.9. The zero-order valence-electron chi connectivity index (χ0n) is 10.5. The van der Waals surface area contributed by atoms with Crippen LogP contribution in [0.2, 0.25) is 0 Å². The smallest absolute Gasteiger partial charge is 0.0587 e. The maximum absolute atomic E-state index is 5.00. The van der Waals surface area contributed by atoms with Crippen LogP contribution in [-0.2, 0) is 4.74 Å². The molecule has 0 bridgehead atoms. The van der Waals surface area contributed by atoms with E-state index in [9.17, 15) is 0 Å². The van der Waals surface area contributed by atoms with Gasteiger partial charge in [0.1, 0.15) is 0 Å². The fourth-order valence-corrected chi connectivity index (χ4v) is 1.66. The molecule has 1 N–H and O–H groups in total. The third-order valence-electron chi connectivity index (χ3n) is 2.61. The fourth-order valence-electron chi connectivity index (χ4n) is 1.66. The molecule has 0 aromatic carbocycles. The predicted octanol–water partition coefficient (Wildman–Crippen LogP) is 2.54. The van der Waals surface area contributed by atoms with Crippen LogP contribution in [0.3, 0.4) is 0 Å². The highest BCUT2D eigenvalue weighted by Gasteiger charge is 2.14. The Morgan fingerprint density at radius 1 is 1.14 bits per heavy atom. The van der Waals surface area contributed by atoms with Gasteiger partial charge in [-0.2, -0.15) is 0 Å². The first-order valence-corrected chi connectivity index (χ1v) is 5.77. The van der Waals surface area contributed by atoms with Gasteiger partial charge in [-0.05, 0) is 30.7 Å². The molecule has 0 saturated heterocycles. The molecule has 0 fully saturated rings. The number of hydrogen-bond acceptors (Lipinski definition) is 2. The highest BCUT2D eigenvalue weighted by Crippen LogP contribution is 2.19. The van der Waals surface area contributed by atoms with Crippen molar-refractivity contribution in [3.05, 3.63) is 0 Å². The summed E-state index contributed by atoms with van der Waals surface area (Å²) in [5, 5.41) is 3.45. The second kappa shape index (κ2) is 8.25. The topological polar surface area (TPSA) is 21.3 Å². The van der Waals surface area contributed by atoms with Crippen molar-refractivity contribution in [1.29, 1.82) is 0 Å². The van der Waals surface area contributed by atoms with Gasteiger partial charge in [-0.1, -0.05) is 27.7 Å². The molecule has 2 heteroatoms. The third kappa shape index (κ3) is 7.34. The van der Waals surface area contributed by atoms with Crippen LogP contribution in [0.25, 0.3) is 0 Å². The van der Waals surface area contributed by atoms with Gasteiger partial charge in [-0.15, -0.1) is 0 Å². The van der Waals surface area contributed by atoms with Gasteiger partial charge in [0, 0.05) is 13.7 Å². The Labute approximate surface area is 89.4 Å². The van der Waals surface area contributed by atoms with Crippen molar-refractivity contribution < 1.29 is 4.74 Å². The molecule has 0 aromatic rings. The Morgan fingerprint density at radius 3 is 2.21 bits per heavy atom. The molecule has 0 aliphatic carbocycles. The second-order valence-electron chi connectivity index (χ2n) is 4.83. The van der Waals surface area contributed by atoms with E-state index in [0.717, 1.165) is 37.5 Å². The summed E-state index contributed by atoms with van der Waals surface area (Å²) >= 11 is 0. The molecule has 1 unspecified atom stereocenters. The quantitative estimate of drug-likeness (QED) is 0.609. The van der Waals surface area contributed by atoms with Crippen molar-refractivity contribution in [1.82, 2.24) is 5.32 Å². The summed E-state index contributed by atoms with van der Waals surface area (Å²) in [7, 11) is 1.75. The Balaban J connectivity index is 3.63. The molecule has 2 nitrogen and oxygen atoms in total. The number of ether oxygens (including phenoxy) is 1. The van der Waals surface area contributed by atoms with E-state index in [2.05, 4.69) is 33.0 Å². The van der Waals surface area contributed by atoms with Gasteiger partial charge in [0.25, 0.3) is 0 Å². The maximum atomic E-state index is 5.00. The van der Waals surface area contributed by atoms with Crippen LogP contribution in [0.5, 0.6) is 0 Å². The monoisotopic (exact) mass is 201 g/mol. The predicted molar refractivity (Wildman–Crippen MR) is 62.5 cm³/mol. The zero-order chi connectivity index (χ0) is 11.0. The Morgan fingerprint density at radius 2 is 1.79 bits per heavy atom. The van der Waals surface area contributed by atoms with E-state index in [1.807, 2.05) is 0 Å². The molecular formula is C12H27NO.